The number of aromatic nitrogens is 1. The van der Waals surface area contributed by atoms with Gasteiger partial charge in [0.15, 0.2) is 0 Å². The first-order chi connectivity index (χ1) is 8.16. The molecule has 0 aliphatic heterocycles. The van der Waals surface area contributed by atoms with Gasteiger partial charge in [-0.2, -0.15) is 5.10 Å². The van der Waals surface area contributed by atoms with Crippen molar-refractivity contribution in [2.75, 3.05) is 5.43 Å². The number of hydrogen-bond donors (Lipinski definition) is 3. The van der Waals surface area contributed by atoms with Crippen LogP contribution in [0.1, 0.15) is 6.42 Å². The lowest BCUT2D eigenvalue weighted by atomic mass is 10.3. The molecule has 7 heteroatoms. The fourth-order valence-electron chi connectivity index (χ4n) is 1.30. The first-order valence-corrected chi connectivity index (χ1v) is 5.59. The SMILES string of the molecule is O=C(O)CC=NNc1cccc2sc(=O)[nH]c12. The topological polar surface area (TPSA) is 94.5 Å². The number of anilines is 1. The second-order valence-corrected chi connectivity index (χ2v) is 4.23. The lowest BCUT2D eigenvalue weighted by Gasteiger charge is -2.00. The van der Waals surface area contributed by atoms with Gasteiger partial charge in [-0.25, -0.2) is 0 Å². The van der Waals surface area contributed by atoms with Gasteiger partial charge < -0.3 is 10.1 Å². The third kappa shape index (κ3) is 2.70. The molecule has 1 aromatic heterocycles. The van der Waals surface area contributed by atoms with Gasteiger partial charge in [-0.3, -0.25) is 15.0 Å². The molecule has 2 aromatic rings. The van der Waals surface area contributed by atoms with Crippen molar-refractivity contribution in [1.82, 2.24) is 4.98 Å². The molecule has 0 spiro atoms. The summed E-state index contributed by atoms with van der Waals surface area (Å²) in [4.78, 5) is 24.0. The molecule has 0 saturated heterocycles. The number of H-pyrrole nitrogens is 1. The van der Waals surface area contributed by atoms with Crippen molar-refractivity contribution in [3.8, 4) is 0 Å². The molecule has 0 saturated carbocycles. The molecule has 0 aliphatic carbocycles. The van der Waals surface area contributed by atoms with Gasteiger partial charge in [-0.15, -0.1) is 0 Å². The van der Waals surface area contributed by atoms with Crippen molar-refractivity contribution in [2.24, 2.45) is 5.10 Å². The fourth-order valence-corrected chi connectivity index (χ4v) is 2.07. The lowest BCUT2D eigenvalue weighted by molar-refractivity contribution is -0.135. The highest BCUT2D eigenvalue weighted by molar-refractivity contribution is 7.16. The lowest BCUT2D eigenvalue weighted by Crippen LogP contribution is -1.97. The molecule has 0 bridgehead atoms. The van der Waals surface area contributed by atoms with Crippen LogP contribution < -0.4 is 10.3 Å². The Kier molecular flexibility index (Phi) is 3.20. The number of aliphatic carboxylic acids is 1. The molecule has 17 heavy (non-hydrogen) atoms. The Bertz CT molecular complexity index is 629. The Hall–Kier alpha value is -2.15. The number of thiazole rings is 1. The van der Waals surface area contributed by atoms with Gasteiger partial charge in [0.1, 0.15) is 0 Å². The summed E-state index contributed by atoms with van der Waals surface area (Å²) in [7, 11) is 0. The Morgan fingerprint density at radius 3 is 3.18 bits per heavy atom. The molecule has 1 heterocycles. The van der Waals surface area contributed by atoms with Crippen molar-refractivity contribution in [1.29, 1.82) is 0 Å². The molecule has 1 aromatic carbocycles. The second kappa shape index (κ2) is 4.79. The number of hydrazone groups is 1. The number of carboxylic acid groups (broad SMARTS) is 1. The number of aromatic amines is 1. The van der Waals surface area contributed by atoms with Crippen LogP contribution in [0.5, 0.6) is 0 Å². The summed E-state index contributed by atoms with van der Waals surface area (Å²) in [5.74, 6) is -0.947. The number of nitrogens with one attached hydrogen (secondary N) is 2. The van der Waals surface area contributed by atoms with Gasteiger partial charge in [0.25, 0.3) is 0 Å². The molecular weight excluding hydrogens is 242 g/mol. The minimum atomic E-state index is -0.947. The molecule has 0 amide bonds. The molecule has 0 aliphatic rings. The summed E-state index contributed by atoms with van der Waals surface area (Å²) < 4.78 is 0.827. The molecule has 0 fully saturated rings. The van der Waals surface area contributed by atoms with Gasteiger partial charge in [0, 0.05) is 6.21 Å². The largest absolute Gasteiger partial charge is 0.481 e. The molecular formula is C10H9N3O3S. The Labute approximate surface area is 99.6 Å². The summed E-state index contributed by atoms with van der Waals surface area (Å²) in [6.07, 6.45) is 1.11. The maximum atomic E-state index is 11.2. The van der Waals surface area contributed by atoms with E-state index in [1.54, 1.807) is 12.1 Å². The van der Waals surface area contributed by atoms with Crippen LogP contribution in [0, 0.1) is 0 Å². The third-order valence-corrected chi connectivity index (χ3v) is 2.85. The Balaban J connectivity index is 2.21. The van der Waals surface area contributed by atoms with Gasteiger partial charge in [0.05, 0.1) is 22.3 Å². The summed E-state index contributed by atoms with van der Waals surface area (Å²) in [5, 5.41) is 12.2. The first kappa shape index (κ1) is 11.3. The summed E-state index contributed by atoms with van der Waals surface area (Å²) in [5.41, 5.74) is 4.02. The Morgan fingerprint density at radius 1 is 1.59 bits per heavy atom. The summed E-state index contributed by atoms with van der Waals surface area (Å²) in [6.45, 7) is 0. The summed E-state index contributed by atoms with van der Waals surface area (Å²) >= 11 is 1.11. The first-order valence-electron chi connectivity index (χ1n) is 4.78. The number of nitrogens with zero attached hydrogens (tertiary/aromatic N) is 1. The van der Waals surface area contributed by atoms with E-state index in [2.05, 4.69) is 15.5 Å². The van der Waals surface area contributed by atoms with E-state index in [9.17, 15) is 9.59 Å². The van der Waals surface area contributed by atoms with E-state index in [1.807, 2.05) is 6.07 Å². The second-order valence-electron chi connectivity index (χ2n) is 3.21. The zero-order chi connectivity index (χ0) is 12.3. The standard InChI is InChI=1S/C10H9N3O3S/c14-8(15)4-5-11-13-6-2-1-3-7-9(6)12-10(16)17-7/h1-3,5,13H,4H2,(H,12,16)(H,14,15). The van der Waals surface area contributed by atoms with Crippen LogP contribution in [-0.4, -0.2) is 22.3 Å². The van der Waals surface area contributed by atoms with Gasteiger partial charge >= 0.3 is 10.8 Å². The van der Waals surface area contributed by atoms with E-state index in [4.69, 9.17) is 5.11 Å². The van der Waals surface area contributed by atoms with Crippen LogP contribution in [0.4, 0.5) is 5.69 Å². The molecule has 88 valence electrons. The smallest absolute Gasteiger partial charge is 0.308 e. The van der Waals surface area contributed by atoms with Crippen LogP contribution >= 0.6 is 11.3 Å². The average Bonchev–Trinajstić information content (AvgIpc) is 2.65. The van der Waals surface area contributed by atoms with Crippen molar-refractivity contribution in [3.05, 3.63) is 27.9 Å². The zero-order valence-corrected chi connectivity index (χ0v) is 9.45. The number of carboxylic acids is 1. The minimum Gasteiger partial charge on any atom is -0.481 e. The monoisotopic (exact) mass is 251 g/mol. The van der Waals surface area contributed by atoms with E-state index in [0.29, 0.717) is 11.2 Å². The third-order valence-electron chi connectivity index (χ3n) is 2.00. The maximum Gasteiger partial charge on any atom is 0.308 e. The quantitative estimate of drug-likeness (QED) is 0.566. The van der Waals surface area contributed by atoms with Gasteiger partial charge in [-0.1, -0.05) is 17.4 Å². The highest BCUT2D eigenvalue weighted by Gasteiger charge is 2.03. The number of fused-ring (bicyclic) bond motifs is 1. The van der Waals surface area contributed by atoms with Crippen molar-refractivity contribution in [3.63, 3.8) is 0 Å². The van der Waals surface area contributed by atoms with E-state index in [1.165, 1.54) is 6.21 Å². The van der Waals surface area contributed by atoms with E-state index in [0.717, 1.165) is 16.0 Å². The minimum absolute atomic E-state index is 0.135. The van der Waals surface area contributed by atoms with E-state index < -0.39 is 5.97 Å². The predicted octanol–water partition coefficient (Wildman–Crippen LogP) is 1.46. The molecule has 0 unspecified atom stereocenters. The number of hydrogen-bond acceptors (Lipinski definition) is 5. The highest BCUT2D eigenvalue weighted by atomic mass is 32.1. The number of benzene rings is 1. The fraction of sp³-hybridized carbons (Fsp3) is 0.100. The maximum absolute atomic E-state index is 11.2. The highest BCUT2D eigenvalue weighted by Crippen LogP contribution is 2.22. The Morgan fingerprint density at radius 2 is 2.41 bits per heavy atom. The van der Waals surface area contributed by atoms with Crippen LogP contribution in [0.2, 0.25) is 0 Å². The van der Waals surface area contributed by atoms with Crippen LogP contribution in [0.3, 0.4) is 0 Å². The van der Waals surface area contributed by atoms with E-state index >= 15 is 0 Å². The molecule has 3 N–H and O–H groups in total. The van der Waals surface area contributed by atoms with E-state index in [-0.39, 0.29) is 11.3 Å². The van der Waals surface area contributed by atoms with Crippen molar-refractivity contribution >= 4 is 39.4 Å². The molecule has 6 nitrogen and oxygen atoms in total. The molecule has 2 rings (SSSR count). The molecule has 0 atom stereocenters. The van der Waals surface area contributed by atoms with Gasteiger partial charge in [-0.05, 0) is 12.1 Å². The van der Waals surface area contributed by atoms with Crippen LogP contribution in [0.15, 0.2) is 28.1 Å². The summed E-state index contributed by atoms with van der Waals surface area (Å²) in [6, 6.07) is 5.37. The number of rotatable bonds is 4. The van der Waals surface area contributed by atoms with Gasteiger partial charge in [0.2, 0.25) is 0 Å². The normalized spacial score (nSPS) is 11.1. The van der Waals surface area contributed by atoms with Crippen molar-refractivity contribution in [2.45, 2.75) is 6.42 Å². The van der Waals surface area contributed by atoms with Crippen LogP contribution in [-0.2, 0) is 4.79 Å². The van der Waals surface area contributed by atoms with Crippen molar-refractivity contribution < 1.29 is 9.90 Å². The zero-order valence-electron chi connectivity index (χ0n) is 8.64. The number of para-hydroxylation sites is 1. The predicted molar refractivity (Wildman–Crippen MR) is 66.8 cm³/mol. The molecule has 0 radical (unpaired) electrons. The number of carbonyl (C=O) groups is 1. The van der Waals surface area contributed by atoms with Crippen LogP contribution in [0.25, 0.3) is 10.2 Å². The average molecular weight is 251 g/mol.